The smallest absolute Gasteiger partial charge is 0.195 e. The van der Waals surface area contributed by atoms with E-state index in [4.69, 9.17) is 12.2 Å². The first-order chi connectivity index (χ1) is 7.39. The molecule has 0 amide bonds. The van der Waals surface area contributed by atoms with Crippen LogP contribution in [-0.2, 0) is 12.6 Å². The van der Waals surface area contributed by atoms with Gasteiger partial charge in [0.2, 0.25) is 0 Å². The van der Waals surface area contributed by atoms with Gasteiger partial charge in [-0.1, -0.05) is 0 Å². The van der Waals surface area contributed by atoms with Crippen molar-refractivity contribution in [1.29, 1.82) is 0 Å². The second-order valence-electron chi connectivity index (χ2n) is 4.76. The molecule has 2 aromatic rings. The summed E-state index contributed by atoms with van der Waals surface area (Å²) < 4.78 is 4.38. The predicted octanol–water partition coefficient (Wildman–Crippen LogP) is 2.10. The lowest BCUT2D eigenvalue weighted by Gasteiger charge is -2.21. The number of hydrogen-bond acceptors (Lipinski definition) is 3. The van der Waals surface area contributed by atoms with Crippen molar-refractivity contribution in [3.8, 4) is 11.4 Å². The third-order valence-corrected chi connectivity index (χ3v) is 2.58. The molecule has 2 heterocycles. The lowest BCUT2D eigenvalue weighted by atomic mass is 10.1. The highest BCUT2D eigenvalue weighted by molar-refractivity contribution is 7.71. The first-order valence-electron chi connectivity index (χ1n) is 5.06. The monoisotopic (exact) mass is 237 g/mol. The van der Waals surface area contributed by atoms with Crippen LogP contribution in [0.1, 0.15) is 20.8 Å². The van der Waals surface area contributed by atoms with Gasteiger partial charge >= 0.3 is 0 Å². The third kappa shape index (κ3) is 1.80. The molecule has 1 N–H and O–H groups in total. The van der Waals surface area contributed by atoms with Gasteiger partial charge in [-0.15, -0.1) is 0 Å². The summed E-state index contributed by atoms with van der Waals surface area (Å²) in [5.41, 5.74) is 0.861. The van der Waals surface area contributed by atoms with E-state index in [1.807, 2.05) is 17.8 Å². The average Bonchev–Trinajstić information content (AvgIpc) is 2.70. The number of aryl methyl sites for hydroxylation is 1. The molecule has 0 bridgehead atoms. The van der Waals surface area contributed by atoms with Crippen molar-refractivity contribution >= 4 is 12.2 Å². The van der Waals surface area contributed by atoms with E-state index in [-0.39, 0.29) is 5.54 Å². The van der Waals surface area contributed by atoms with Crippen molar-refractivity contribution in [2.45, 2.75) is 26.3 Å². The normalized spacial score (nSPS) is 12.0. The molecule has 2 aromatic heterocycles. The van der Waals surface area contributed by atoms with E-state index in [9.17, 15) is 0 Å². The summed E-state index contributed by atoms with van der Waals surface area (Å²) >= 11 is 5.25. The van der Waals surface area contributed by atoms with E-state index in [0.29, 0.717) is 4.77 Å². The first kappa shape index (κ1) is 11.1. The van der Waals surface area contributed by atoms with Crippen molar-refractivity contribution in [2.24, 2.45) is 7.05 Å². The standard InChI is InChI=1S/C10H15N5S/c1-10(2,3)15-8(12-13-9(15)16)7-5-11-14(4)6-7/h5-6H,1-4H3,(H,13,16). The zero-order chi connectivity index (χ0) is 11.9. The van der Waals surface area contributed by atoms with Crippen LogP contribution in [0.3, 0.4) is 0 Å². The van der Waals surface area contributed by atoms with Gasteiger partial charge in [0.05, 0.1) is 11.8 Å². The maximum atomic E-state index is 5.25. The van der Waals surface area contributed by atoms with Crippen molar-refractivity contribution < 1.29 is 0 Å². The summed E-state index contributed by atoms with van der Waals surface area (Å²) in [6, 6.07) is 0. The molecule has 0 radical (unpaired) electrons. The Balaban J connectivity index is 2.63. The lowest BCUT2D eigenvalue weighted by molar-refractivity contribution is 0.395. The molecule has 0 aliphatic carbocycles. The minimum atomic E-state index is -0.102. The molecule has 6 heteroatoms. The number of aromatic nitrogens is 5. The van der Waals surface area contributed by atoms with Crippen molar-refractivity contribution in [3.05, 3.63) is 17.2 Å². The van der Waals surface area contributed by atoms with Gasteiger partial charge in [0.1, 0.15) is 0 Å². The second kappa shape index (κ2) is 3.55. The largest absolute Gasteiger partial charge is 0.295 e. The number of aromatic amines is 1. The van der Waals surface area contributed by atoms with Crippen LogP contribution in [-0.4, -0.2) is 24.5 Å². The van der Waals surface area contributed by atoms with E-state index in [0.717, 1.165) is 11.4 Å². The van der Waals surface area contributed by atoms with E-state index in [1.54, 1.807) is 10.9 Å². The molecule has 0 aliphatic heterocycles. The van der Waals surface area contributed by atoms with Gasteiger partial charge < -0.3 is 0 Å². The molecule has 0 saturated carbocycles. The van der Waals surface area contributed by atoms with Gasteiger partial charge in [0.25, 0.3) is 0 Å². The van der Waals surface area contributed by atoms with Crippen LogP contribution in [0.4, 0.5) is 0 Å². The molecule has 0 aliphatic rings. The molecule has 0 unspecified atom stereocenters. The average molecular weight is 237 g/mol. The van der Waals surface area contributed by atoms with Gasteiger partial charge in [0, 0.05) is 18.8 Å². The van der Waals surface area contributed by atoms with Crippen molar-refractivity contribution in [3.63, 3.8) is 0 Å². The predicted molar refractivity (Wildman–Crippen MR) is 64.6 cm³/mol. The van der Waals surface area contributed by atoms with Crippen LogP contribution in [0.2, 0.25) is 0 Å². The Morgan fingerprint density at radius 3 is 2.56 bits per heavy atom. The molecule has 0 saturated heterocycles. The van der Waals surface area contributed by atoms with Gasteiger partial charge in [-0.25, -0.2) is 0 Å². The Morgan fingerprint density at radius 2 is 2.06 bits per heavy atom. The van der Waals surface area contributed by atoms with Crippen LogP contribution in [0.5, 0.6) is 0 Å². The van der Waals surface area contributed by atoms with Gasteiger partial charge in [-0.05, 0) is 33.0 Å². The number of H-pyrrole nitrogens is 1. The van der Waals surface area contributed by atoms with Gasteiger partial charge in [0.15, 0.2) is 10.6 Å². The number of nitrogens with one attached hydrogen (secondary N) is 1. The summed E-state index contributed by atoms with van der Waals surface area (Å²) in [4.78, 5) is 0. The Kier molecular flexibility index (Phi) is 2.46. The molecule has 16 heavy (non-hydrogen) atoms. The molecule has 0 spiro atoms. The molecule has 0 aromatic carbocycles. The minimum Gasteiger partial charge on any atom is -0.295 e. The van der Waals surface area contributed by atoms with E-state index < -0.39 is 0 Å². The maximum absolute atomic E-state index is 5.25. The summed E-state index contributed by atoms with van der Waals surface area (Å²) in [6.45, 7) is 6.29. The molecule has 5 nitrogen and oxygen atoms in total. The van der Waals surface area contributed by atoms with Crippen LogP contribution < -0.4 is 0 Å². The summed E-state index contributed by atoms with van der Waals surface area (Å²) in [6.07, 6.45) is 3.71. The second-order valence-corrected chi connectivity index (χ2v) is 5.15. The SMILES string of the molecule is Cn1cc(-c2n[nH]c(=S)n2C(C)(C)C)cn1. The quantitative estimate of drug-likeness (QED) is 0.773. The molecular formula is C10H15N5S. The van der Waals surface area contributed by atoms with Crippen LogP contribution in [0.25, 0.3) is 11.4 Å². The van der Waals surface area contributed by atoms with E-state index in [2.05, 4.69) is 36.1 Å². The topological polar surface area (TPSA) is 51.4 Å². The highest BCUT2D eigenvalue weighted by Crippen LogP contribution is 2.23. The van der Waals surface area contributed by atoms with Crippen molar-refractivity contribution in [2.75, 3.05) is 0 Å². The van der Waals surface area contributed by atoms with Crippen molar-refractivity contribution in [1.82, 2.24) is 24.5 Å². The number of nitrogens with zero attached hydrogens (tertiary/aromatic N) is 4. The molecule has 0 atom stereocenters. The van der Waals surface area contributed by atoms with Gasteiger partial charge in [-0.3, -0.25) is 14.3 Å². The van der Waals surface area contributed by atoms with Crippen LogP contribution >= 0.6 is 12.2 Å². The lowest BCUT2D eigenvalue weighted by Crippen LogP contribution is -2.22. The Hall–Kier alpha value is -1.43. The third-order valence-electron chi connectivity index (χ3n) is 2.31. The Bertz CT molecular complexity index is 554. The highest BCUT2D eigenvalue weighted by atomic mass is 32.1. The minimum absolute atomic E-state index is 0.102. The fourth-order valence-corrected chi connectivity index (χ4v) is 2.06. The van der Waals surface area contributed by atoms with Crippen LogP contribution in [0, 0.1) is 4.77 Å². The molecule has 86 valence electrons. The zero-order valence-corrected chi connectivity index (χ0v) is 10.7. The maximum Gasteiger partial charge on any atom is 0.195 e. The zero-order valence-electron chi connectivity index (χ0n) is 9.85. The van der Waals surface area contributed by atoms with E-state index >= 15 is 0 Å². The van der Waals surface area contributed by atoms with E-state index in [1.165, 1.54) is 0 Å². The van der Waals surface area contributed by atoms with Crippen LogP contribution in [0.15, 0.2) is 12.4 Å². The Labute approximate surface area is 99.1 Å². The number of hydrogen-bond donors (Lipinski definition) is 1. The van der Waals surface area contributed by atoms with Gasteiger partial charge in [-0.2, -0.15) is 10.2 Å². The molecular weight excluding hydrogens is 222 g/mol. The summed E-state index contributed by atoms with van der Waals surface area (Å²) in [5, 5.41) is 11.2. The fourth-order valence-electron chi connectivity index (χ4n) is 1.65. The molecule has 0 fully saturated rings. The Morgan fingerprint density at radius 1 is 1.38 bits per heavy atom. The summed E-state index contributed by atoms with van der Waals surface area (Å²) in [5.74, 6) is 0.825. The first-order valence-corrected chi connectivity index (χ1v) is 5.47. The summed E-state index contributed by atoms with van der Waals surface area (Å²) in [7, 11) is 1.88. The number of rotatable bonds is 1. The molecule has 2 rings (SSSR count). The highest BCUT2D eigenvalue weighted by Gasteiger charge is 2.20. The fraction of sp³-hybridized carbons (Fsp3) is 0.500.